The molecule has 1 N–H and O–H groups in total. The molecule has 0 atom stereocenters. The van der Waals surface area contributed by atoms with Crippen molar-refractivity contribution < 1.29 is 4.79 Å². The number of aryl methyl sites for hydroxylation is 2. The van der Waals surface area contributed by atoms with Crippen LogP contribution in [0.4, 0.5) is 5.69 Å². The summed E-state index contributed by atoms with van der Waals surface area (Å²) in [5.74, 6) is -0.150. The van der Waals surface area contributed by atoms with Crippen LogP contribution < -0.4 is 5.32 Å². The lowest BCUT2D eigenvalue weighted by atomic mass is 10.2. The molecule has 4 nitrogen and oxygen atoms in total. The van der Waals surface area contributed by atoms with Crippen LogP contribution in [0, 0.1) is 13.8 Å². The van der Waals surface area contributed by atoms with Gasteiger partial charge in [-0.05, 0) is 85.6 Å². The quantitative estimate of drug-likeness (QED) is 0.424. The lowest BCUT2D eigenvalue weighted by molar-refractivity contribution is -0.115. The molecule has 0 radical (unpaired) electrons. The third-order valence-electron chi connectivity index (χ3n) is 5.13. The number of benzene rings is 2. The average Bonchev–Trinajstić information content (AvgIpc) is 3.21. The summed E-state index contributed by atoms with van der Waals surface area (Å²) in [5, 5.41) is 4.60. The molecule has 1 aliphatic heterocycles. The van der Waals surface area contributed by atoms with Gasteiger partial charge in [-0.15, -0.1) is 0 Å². The Bertz CT molecular complexity index is 1230. The summed E-state index contributed by atoms with van der Waals surface area (Å²) >= 11 is 13.8. The number of amidine groups is 1. The highest BCUT2D eigenvalue weighted by atomic mass is 35.5. The maximum Gasteiger partial charge on any atom is 0.264 e. The van der Waals surface area contributed by atoms with Crippen molar-refractivity contribution in [2.24, 2.45) is 4.99 Å². The van der Waals surface area contributed by atoms with E-state index in [1.807, 2.05) is 62.4 Å². The van der Waals surface area contributed by atoms with Gasteiger partial charge in [-0.3, -0.25) is 4.79 Å². The zero-order chi connectivity index (χ0) is 22.1. The molecule has 1 fully saturated rings. The van der Waals surface area contributed by atoms with E-state index in [0.717, 1.165) is 34.7 Å². The predicted octanol–water partition coefficient (Wildman–Crippen LogP) is 6.85. The molecule has 31 heavy (non-hydrogen) atoms. The van der Waals surface area contributed by atoms with Crippen molar-refractivity contribution in [1.82, 2.24) is 9.88 Å². The molecule has 1 amide bonds. The number of nitrogens with zero attached hydrogens (tertiary/aromatic N) is 2. The summed E-state index contributed by atoms with van der Waals surface area (Å²) in [7, 11) is 0. The number of amides is 1. The number of thioether (sulfide) groups is 1. The molecule has 0 saturated carbocycles. The standard InChI is InChI=1S/C24H21Cl2N3OS/c1-4-16-5-8-19(9-6-16)27-24-28-23(30)22(31-24)12-17-11-14(2)29(15(17)3)21-10-7-18(25)13-20(21)26/h5-13H,4H2,1-3H3,(H,27,28,30)/b22-12-. The molecule has 2 heterocycles. The first-order chi connectivity index (χ1) is 14.9. The number of carbonyl (C=O) groups excluding carboxylic acids is 1. The predicted molar refractivity (Wildman–Crippen MR) is 132 cm³/mol. The number of aromatic nitrogens is 1. The van der Waals surface area contributed by atoms with E-state index in [1.54, 1.807) is 6.07 Å². The molecule has 0 aliphatic carbocycles. The van der Waals surface area contributed by atoms with E-state index in [-0.39, 0.29) is 5.91 Å². The molecule has 158 valence electrons. The number of aliphatic imine (C=N–C) groups is 1. The van der Waals surface area contributed by atoms with Crippen molar-refractivity contribution in [1.29, 1.82) is 0 Å². The molecule has 0 spiro atoms. The Balaban J connectivity index is 1.63. The molecule has 2 aromatic carbocycles. The van der Waals surface area contributed by atoms with Crippen LogP contribution in [0.5, 0.6) is 0 Å². The largest absolute Gasteiger partial charge is 0.316 e. The van der Waals surface area contributed by atoms with Crippen LogP contribution in [0.1, 0.15) is 29.4 Å². The van der Waals surface area contributed by atoms with Gasteiger partial charge in [0.2, 0.25) is 0 Å². The maximum absolute atomic E-state index is 12.5. The lowest BCUT2D eigenvalue weighted by Crippen LogP contribution is -2.19. The third-order valence-corrected chi connectivity index (χ3v) is 6.58. The first-order valence-corrected chi connectivity index (χ1v) is 11.5. The molecular weight excluding hydrogens is 449 g/mol. The number of hydrogen-bond donors (Lipinski definition) is 1. The molecule has 0 bridgehead atoms. The second-order valence-corrected chi connectivity index (χ2v) is 9.13. The zero-order valence-electron chi connectivity index (χ0n) is 17.4. The van der Waals surface area contributed by atoms with Crippen LogP contribution in [-0.2, 0) is 11.2 Å². The van der Waals surface area contributed by atoms with Crippen molar-refractivity contribution in [3.05, 3.63) is 86.0 Å². The van der Waals surface area contributed by atoms with E-state index in [9.17, 15) is 4.79 Å². The summed E-state index contributed by atoms with van der Waals surface area (Å²) in [6, 6.07) is 15.5. The normalized spacial score (nSPS) is 16.4. The summed E-state index contributed by atoms with van der Waals surface area (Å²) < 4.78 is 2.06. The smallest absolute Gasteiger partial charge is 0.264 e. The molecule has 4 rings (SSSR count). The molecule has 3 aromatic rings. The van der Waals surface area contributed by atoms with Crippen molar-refractivity contribution in [2.75, 3.05) is 0 Å². The summed E-state index contributed by atoms with van der Waals surface area (Å²) in [6.07, 6.45) is 2.88. The Morgan fingerprint density at radius 2 is 1.84 bits per heavy atom. The highest BCUT2D eigenvalue weighted by molar-refractivity contribution is 8.18. The lowest BCUT2D eigenvalue weighted by Gasteiger charge is -2.12. The molecule has 1 saturated heterocycles. The van der Waals surface area contributed by atoms with E-state index in [4.69, 9.17) is 23.2 Å². The van der Waals surface area contributed by atoms with Gasteiger partial charge in [0.15, 0.2) is 5.17 Å². The fourth-order valence-corrected chi connectivity index (χ4v) is 4.84. The Labute approximate surface area is 196 Å². The van der Waals surface area contributed by atoms with Gasteiger partial charge in [-0.25, -0.2) is 4.99 Å². The van der Waals surface area contributed by atoms with Gasteiger partial charge in [-0.2, -0.15) is 0 Å². The first-order valence-electron chi connectivity index (χ1n) is 9.88. The summed E-state index contributed by atoms with van der Waals surface area (Å²) in [4.78, 5) is 17.7. The zero-order valence-corrected chi connectivity index (χ0v) is 19.7. The van der Waals surface area contributed by atoms with E-state index in [0.29, 0.717) is 20.1 Å². The van der Waals surface area contributed by atoms with Gasteiger partial charge in [-0.1, -0.05) is 42.3 Å². The number of carbonyl (C=O) groups is 1. The number of halogens is 2. The minimum Gasteiger partial charge on any atom is -0.316 e. The van der Waals surface area contributed by atoms with Crippen molar-refractivity contribution in [2.45, 2.75) is 27.2 Å². The van der Waals surface area contributed by atoms with Gasteiger partial charge < -0.3 is 9.88 Å². The van der Waals surface area contributed by atoms with Crippen LogP contribution in [0.3, 0.4) is 0 Å². The maximum atomic E-state index is 12.5. The van der Waals surface area contributed by atoms with Crippen LogP contribution in [0.15, 0.2) is 58.4 Å². The molecule has 1 aromatic heterocycles. The van der Waals surface area contributed by atoms with Gasteiger partial charge >= 0.3 is 0 Å². The van der Waals surface area contributed by atoms with E-state index in [1.165, 1.54) is 17.3 Å². The second kappa shape index (κ2) is 8.95. The van der Waals surface area contributed by atoms with Crippen LogP contribution in [0.2, 0.25) is 10.0 Å². The SMILES string of the molecule is CCc1ccc(N=C2NC(=O)/C(=C/c3cc(C)n(-c4ccc(Cl)cc4Cl)c3C)S2)cc1. The van der Waals surface area contributed by atoms with E-state index in [2.05, 4.69) is 21.8 Å². The molecule has 1 aliphatic rings. The van der Waals surface area contributed by atoms with Crippen molar-refractivity contribution in [3.8, 4) is 5.69 Å². The topological polar surface area (TPSA) is 46.4 Å². The highest BCUT2D eigenvalue weighted by Gasteiger charge is 2.24. The Kier molecular flexibility index (Phi) is 6.28. The van der Waals surface area contributed by atoms with E-state index < -0.39 is 0 Å². The summed E-state index contributed by atoms with van der Waals surface area (Å²) in [6.45, 7) is 6.13. The first kappa shape index (κ1) is 21.8. The number of rotatable bonds is 4. The van der Waals surface area contributed by atoms with Gasteiger partial charge in [0.1, 0.15) is 0 Å². The number of hydrogen-bond acceptors (Lipinski definition) is 3. The van der Waals surface area contributed by atoms with Gasteiger partial charge in [0.05, 0.1) is 21.3 Å². The van der Waals surface area contributed by atoms with Crippen molar-refractivity contribution in [3.63, 3.8) is 0 Å². The number of nitrogens with one attached hydrogen (secondary N) is 1. The fourth-order valence-electron chi connectivity index (χ4n) is 3.51. The Morgan fingerprint density at radius 1 is 1.10 bits per heavy atom. The highest BCUT2D eigenvalue weighted by Crippen LogP contribution is 2.32. The third kappa shape index (κ3) is 4.59. The van der Waals surface area contributed by atoms with Crippen LogP contribution >= 0.6 is 35.0 Å². The van der Waals surface area contributed by atoms with Gasteiger partial charge in [0, 0.05) is 16.4 Å². The van der Waals surface area contributed by atoms with Crippen molar-refractivity contribution >= 4 is 57.8 Å². The Morgan fingerprint density at radius 3 is 2.52 bits per heavy atom. The molecule has 7 heteroatoms. The minimum absolute atomic E-state index is 0.150. The average molecular weight is 470 g/mol. The fraction of sp³-hybridized carbons (Fsp3) is 0.167. The minimum atomic E-state index is -0.150. The van der Waals surface area contributed by atoms with Gasteiger partial charge in [0.25, 0.3) is 5.91 Å². The van der Waals surface area contributed by atoms with Crippen LogP contribution in [-0.4, -0.2) is 15.6 Å². The monoisotopic (exact) mass is 469 g/mol. The second-order valence-electron chi connectivity index (χ2n) is 7.26. The Hall–Kier alpha value is -2.47. The molecular formula is C24H21Cl2N3OS. The summed E-state index contributed by atoms with van der Waals surface area (Å²) in [5.41, 5.74) is 5.88. The molecule has 0 unspecified atom stereocenters. The van der Waals surface area contributed by atoms with E-state index >= 15 is 0 Å². The van der Waals surface area contributed by atoms with Crippen LogP contribution in [0.25, 0.3) is 11.8 Å².